The van der Waals surface area contributed by atoms with E-state index in [1.165, 1.54) is 12.1 Å². The van der Waals surface area contributed by atoms with E-state index in [1.807, 2.05) is 5.32 Å². The maximum atomic E-state index is 11.7. The summed E-state index contributed by atoms with van der Waals surface area (Å²) < 4.78 is 0. The van der Waals surface area contributed by atoms with Gasteiger partial charge < -0.3 is 15.5 Å². The number of aliphatic carboxylic acids is 2. The maximum absolute atomic E-state index is 11.7. The minimum absolute atomic E-state index is 0.327. The molecule has 7 heteroatoms. The van der Waals surface area contributed by atoms with Crippen molar-refractivity contribution in [2.45, 2.75) is 18.9 Å². The Balaban J connectivity index is 2.60. The zero-order chi connectivity index (χ0) is 15.1. The van der Waals surface area contributed by atoms with Crippen LogP contribution in [0.15, 0.2) is 30.3 Å². The van der Waals surface area contributed by atoms with Crippen LogP contribution in [0.4, 0.5) is 0 Å². The van der Waals surface area contributed by atoms with Gasteiger partial charge in [0.15, 0.2) is 5.78 Å². The largest absolute Gasteiger partial charge is 0.481 e. The molecule has 1 atom stereocenters. The molecule has 0 radical (unpaired) electrons. The summed E-state index contributed by atoms with van der Waals surface area (Å²) in [7, 11) is 0. The average molecular weight is 279 g/mol. The third-order valence-electron chi connectivity index (χ3n) is 2.43. The molecule has 1 rings (SSSR count). The Morgan fingerprint density at radius 3 is 2.15 bits per heavy atom. The van der Waals surface area contributed by atoms with Crippen molar-refractivity contribution >= 4 is 23.6 Å². The number of carboxylic acid groups (broad SMARTS) is 2. The number of hydrogen-bond acceptors (Lipinski definition) is 4. The normalized spacial score (nSPS) is 11.4. The van der Waals surface area contributed by atoms with Gasteiger partial charge in [0.05, 0.1) is 12.8 Å². The Morgan fingerprint density at radius 2 is 1.65 bits per heavy atom. The fourth-order valence-corrected chi connectivity index (χ4v) is 1.49. The predicted molar refractivity (Wildman–Crippen MR) is 67.2 cm³/mol. The van der Waals surface area contributed by atoms with Crippen LogP contribution in [0.2, 0.25) is 0 Å². The summed E-state index contributed by atoms with van der Waals surface area (Å²) in [6.45, 7) is 0. The number of rotatable bonds is 7. The number of Topliss-reactive ketones (excluding diaryl/α,β-unsaturated/α-hetero) is 1. The van der Waals surface area contributed by atoms with Crippen LogP contribution in [-0.4, -0.2) is 39.9 Å². The quantitative estimate of drug-likeness (QED) is 0.487. The van der Waals surface area contributed by atoms with Gasteiger partial charge in [0.1, 0.15) is 6.04 Å². The molecule has 0 heterocycles. The predicted octanol–water partition coefficient (Wildman–Crippen LogP) is 0.303. The fraction of sp³-hybridized carbons (Fsp3) is 0.231. The third kappa shape index (κ3) is 4.89. The first-order valence-corrected chi connectivity index (χ1v) is 5.72. The molecule has 0 bridgehead atoms. The zero-order valence-electron chi connectivity index (χ0n) is 10.4. The molecule has 3 N–H and O–H groups in total. The summed E-state index contributed by atoms with van der Waals surface area (Å²) in [5.74, 6) is -4.12. The van der Waals surface area contributed by atoms with E-state index in [9.17, 15) is 19.2 Å². The lowest BCUT2D eigenvalue weighted by Crippen LogP contribution is -2.42. The van der Waals surface area contributed by atoms with E-state index >= 15 is 0 Å². The Hall–Kier alpha value is -2.70. The smallest absolute Gasteiger partial charge is 0.326 e. The van der Waals surface area contributed by atoms with E-state index in [-0.39, 0.29) is 0 Å². The molecular weight excluding hydrogens is 266 g/mol. The molecule has 1 unspecified atom stereocenters. The van der Waals surface area contributed by atoms with Crippen molar-refractivity contribution in [3.05, 3.63) is 35.9 Å². The summed E-state index contributed by atoms with van der Waals surface area (Å²) in [6, 6.07) is 6.49. The average Bonchev–Trinajstić information content (AvgIpc) is 2.38. The number of carboxylic acids is 2. The second-order valence-corrected chi connectivity index (χ2v) is 4.02. The lowest BCUT2D eigenvalue weighted by Gasteiger charge is -2.11. The van der Waals surface area contributed by atoms with E-state index in [4.69, 9.17) is 10.2 Å². The van der Waals surface area contributed by atoms with Crippen molar-refractivity contribution in [2.75, 3.05) is 0 Å². The number of ketones is 1. The highest BCUT2D eigenvalue weighted by atomic mass is 16.4. The lowest BCUT2D eigenvalue weighted by atomic mass is 10.1. The van der Waals surface area contributed by atoms with Crippen LogP contribution >= 0.6 is 0 Å². The van der Waals surface area contributed by atoms with Gasteiger partial charge in [-0.2, -0.15) is 0 Å². The van der Waals surface area contributed by atoms with Crippen molar-refractivity contribution in [3.8, 4) is 0 Å². The van der Waals surface area contributed by atoms with Gasteiger partial charge in [0.25, 0.3) is 0 Å². The number of nitrogens with one attached hydrogen (secondary N) is 1. The van der Waals surface area contributed by atoms with Crippen LogP contribution in [0.1, 0.15) is 23.2 Å². The van der Waals surface area contributed by atoms with Gasteiger partial charge in [-0.3, -0.25) is 14.4 Å². The Bertz CT molecular complexity index is 525. The van der Waals surface area contributed by atoms with E-state index in [0.717, 1.165) is 0 Å². The topological polar surface area (TPSA) is 121 Å². The molecule has 0 spiro atoms. The molecular formula is C13H13NO6. The molecule has 1 amide bonds. The van der Waals surface area contributed by atoms with Crippen LogP contribution in [0.25, 0.3) is 0 Å². The SMILES string of the molecule is O=C(O)CC(NC(=O)CC(=O)c1ccccc1)C(=O)O. The van der Waals surface area contributed by atoms with Crippen molar-refractivity contribution in [3.63, 3.8) is 0 Å². The highest BCUT2D eigenvalue weighted by molar-refractivity contribution is 6.07. The van der Waals surface area contributed by atoms with Gasteiger partial charge in [0.2, 0.25) is 5.91 Å². The monoisotopic (exact) mass is 279 g/mol. The summed E-state index contributed by atoms with van der Waals surface area (Å²) in [6.07, 6.45) is -1.28. The first-order valence-electron chi connectivity index (χ1n) is 5.72. The van der Waals surface area contributed by atoms with Gasteiger partial charge >= 0.3 is 11.9 Å². The molecule has 1 aromatic carbocycles. The molecule has 20 heavy (non-hydrogen) atoms. The second kappa shape index (κ2) is 7.03. The van der Waals surface area contributed by atoms with Crippen LogP contribution in [0, 0.1) is 0 Å². The Kier molecular flexibility index (Phi) is 5.40. The van der Waals surface area contributed by atoms with Crippen molar-refractivity contribution in [2.24, 2.45) is 0 Å². The van der Waals surface area contributed by atoms with Gasteiger partial charge in [-0.05, 0) is 0 Å². The molecule has 0 fully saturated rings. The Labute approximate surface area is 114 Å². The van der Waals surface area contributed by atoms with Crippen molar-refractivity contribution < 1.29 is 29.4 Å². The summed E-state index contributed by atoms with van der Waals surface area (Å²) in [5.41, 5.74) is 0.327. The lowest BCUT2D eigenvalue weighted by molar-refractivity contribution is -0.147. The van der Waals surface area contributed by atoms with Gasteiger partial charge in [-0.25, -0.2) is 4.79 Å². The second-order valence-electron chi connectivity index (χ2n) is 4.02. The number of hydrogen-bond donors (Lipinski definition) is 3. The number of carbonyl (C=O) groups is 4. The molecule has 0 aliphatic rings. The van der Waals surface area contributed by atoms with E-state index < -0.39 is 42.5 Å². The highest BCUT2D eigenvalue weighted by Crippen LogP contribution is 2.03. The molecule has 0 saturated carbocycles. The molecule has 106 valence electrons. The molecule has 0 aliphatic heterocycles. The van der Waals surface area contributed by atoms with Gasteiger partial charge in [-0.15, -0.1) is 0 Å². The summed E-state index contributed by atoms with van der Waals surface area (Å²) in [5, 5.41) is 19.3. The number of amides is 1. The minimum Gasteiger partial charge on any atom is -0.481 e. The third-order valence-corrected chi connectivity index (χ3v) is 2.43. The molecule has 0 saturated heterocycles. The zero-order valence-corrected chi connectivity index (χ0v) is 10.4. The molecule has 7 nitrogen and oxygen atoms in total. The van der Waals surface area contributed by atoms with Crippen LogP contribution < -0.4 is 5.32 Å². The van der Waals surface area contributed by atoms with Gasteiger partial charge in [-0.1, -0.05) is 30.3 Å². The van der Waals surface area contributed by atoms with Crippen LogP contribution in [0.3, 0.4) is 0 Å². The molecule has 1 aromatic rings. The Morgan fingerprint density at radius 1 is 1.05 bits per heavy atom. The number of benzene rings is 1. The fourth-order valence-electron chi connectivity index (χ4n) is 1.49. The summed E-state index contributed by atoms with van der Waals surface area (Å²) in [4.78, 5) is 44.5. The highest BCUT2D eigenvalue weighted by Gasteiger charge is 2.24. The molecule has 0 aliphatic carbocycles. The van der Waals surface area contributed by atoms with E-state index in [1.54, 1.807) is 18.2 Å². The van der Waals surface area contributed by atoms with E-state index in [0.29, 0.717) is 5.56 Å². The van der Waals surface area contributed by atoms with Crippen molar-refractivity contribution in [1.82, 2.24) is 5.32 Å². The number of carbonyl (C=O) groups excluding carboxylic acids is 2. The standard InChI is InChI=1S/C13H13NO6/c15-10(8-4-2-1-3-5-8)7-11(16)14-9(13(19)20)6-12(17)18/h1-5,9H,6-7H2,(H,14,16)(H,17,18)(H,19,20). The first kappa shape index (κ1) is 15.4. The van der Waals surface area contributed by atoms with Crippen molar-refractivity contribution in [1.29, 1.82) is 0 Å². The summed E-state index contributed by atoms with van der Waals surface area (Å²) >= 11 is 0. The van der Waals surface area contributed by atoms with E-state index in [2.05, 4.69) is 0 Å². The minimum atomic E-state index is -1.55. The van der Waals surface area contributed by atoms with Gasteiger partial charge in [0, 0.05) is 5.56 Å². The maximum Gasteiger partial charge on any atom is 0.326 e. The first-order chi connectivity index (χ1) is 9.40. The van der Waals surface area contributed by atoms with Crippen LogP contribution in [0.5, 0.6) is 0 Å². The molecule has 0 aromatic heterocycles. The van der Waals surface area contributed by atoms with Crippen LogP contribution in [-0.2, 0) is 14.4 Å².